The van der Waals surface area contributed by atoms with Gasteiger partial charge in [0, 0.05) is 28.9 Å². The molecular formula is C29H42S3Si. The van der Waals surface area contributed by atoms with Crippen molar-refractivity contribution in [1.82, 2.24) is 0 Å². The van der Waals surface area contributed by atoms with Crippen LogP contribution in [0.3, 0.4) is 0 Å². The Kier molecular flexibility index (Phi) is 8.75. The second-order valence-corrected chi connectivity index (χ2v) is 18.1. The molecule has 0 saturated heterocycles. The number of unbranched alkanes of at least 4 members (excludes halogenated alkanes) is 4. The zero-order chi connectivity index (χ0) is 23.4. The first-order chi connectivity index (χ1) is 16.0. The Hall–Kier alpha value is -0.683. The zero-order valence-electron chi connectivity index (χ0n) is 21.4. The Morgan fingerprint density at radius 2 is 1.36 bits per heavy atom. The predicted molar refractivity (Wildman–Crippen MR) is 157 cm³/mol. The van der Waals surface area contributed by atoms with Crippen molar-refractivity contribution in [2.75, 3.05) is 0 Å². The Labute approximate surface area is 215 Å². The molecule has 0 aliphatic carbocycles. The maximum absolute atomic E-state index is 2.61. The zero-order valence-corrected chi connectivity index (χ0v) is 24.8. The second kappa shape index (κ2) is 11.4. The van der Waals surface area contributed by atoms with Crippen molar-refractivity contribution in [3.8, 4) is 9.75 Å². The van der Waals surface area contributed by atoms with E-state index in [-0.39, 0.29) is 0 Å². The molecule has 33 heavy (non-hydrogen) atoms. The van der Waals surface area contributed by atoms with E-state index in [1.165, 1.54) is 80.0 Å². The van der Waals surface area contributed by atoms with Gasteiger partial charge in [0.1, 0.15) is 0 Å². The van der Waals surface area contributed by atoms with Gasteiger partial charge < -0.3 is 0 Å². The molecule has 1 aliphatic rings. The average molecular weight is 515 g/mol. The molecule has 0 aromatic carbocycles. The maximum atomic E-state index is 2.61. The molecule has 0 bridgehead atoms. The predicted octanol–water partition coefficient (Wildman–Crippen LogP) is 8.67. The van der Waals surface area contributed by atoms with Gasteiger partial charge in [-0.15, -0.1) is 34.0 Å². The topological polar surface area (TPSA) is 0 Å². The number of hydrogen-bond acceptors (Lipinski definition) is 3. The van der Waals surface area contributed by atoms with E-state index in [2.05, 4.69) is 92.9 Å². The smallest absolute Gasteiger partial charge is 0.149 e. The van der Waals surface area contributed by atoms with Crippen molar-refractivity contribution in [3.05, 3.63) is 38.9 Å². The molecule has 4 heterocycles. The molecule has 180 valence electrons. The number of rotatable bonds is 13. The van der Waals surface area contributed by atoms with E-state index in [0.717, 1.165) is 5.92 Å². The number of aryl methyl sites for hydroxylation is 3. The number of fused-ring (bicyclic) bond motifs is 3. The Morgan fingerprint density at radius 1 is 0.727 bits per heavy atom. The van der Waals surface area contributed by atoms with Crippen LogP contribution in [0.5, 0.6) is 0 Å². The molecule has 0 N–H and O–H groups in total. The summed E-state index contributed by atoms with van der Waals surface area (Å²) in [5.74, 6) is 0.865. The highest BCUT2D eigenvalue weighted by atomic mass is 32.1. The summed E-state index contributed by atoms with van der Waals surface area (Å²) in [6.07, 6.45) is 13.6. The van der Waals surface area contributed by atoms with E-state index in [0.29, 0.717) is 0 Å². The molecule has 0 fully saturated rings. The third kappa shape index (κ3) is 5.15. The van der Waals surface area contributed by atoms with Crippen molar-refractivity contribution >= 4 is 57.0 Å². The van der Waals surface area contributed by atoms with Crippen LogP contribution in [-0.2, 0) is 6.42 Å². The van der Waals surface area contributed by atoms with Gasteiger partial charge in [0.15, 0.2) is 8.07 Å². The van der Waals surface area contributed by atoms with Crippen LogP contribution in [0.1, 0.15) is 93.2 Å². The van der Waals surface area contributed by atoms with Crippen molar-refractivity contribution in [3.63, 3.8) is 0 Å². The first-order valence-corrected chi connectivity index (χ1v) is 18.0. The summed E-state index contributed by atoms with van der Waals surface area (Å²) in [6.45, 7) is 11.7. The lowest BCUT2D eigenvalue weighted by Gasteiger charge is -2.32. The van der Waals surface area contributed by atoms with E-state index >= 15 is 0 Å². The molecule has 4 rings (SSSR count). The first kappa shape index (κ1) is 25.4. The fourth-order valence-electron chi connectivity index (χ4n) is 5.85. The fraction of sp³-hybridized carbons (Fsp3) is 0.586. The van der Waals surface area contributed by atoms with Crippen molar-refractivity contribution in [1.29, 1.82) is 0 Å². The van der Waals surface area contributed by atoms with Gasteiger partial charge in [-0.05, 0) is 60.8 Å². The van der Waals surface area contributed by atoms with Gasteiger partial charge >= 0.3 is 0 Å². The Morgan fingerprint density at radius 3 is 1.97 bits per heavy atom. The summed E-state index contributed by atoms with van der Waals surface area (Å²) in [5.41, 5.74) is 0. The van der Waals surface area contributed by atoms with Crippen LogP contribution in [0.15, 0.2) is 24.3 Å². The summed E-state index contributed by atoms with van der Waals surface area (Å²) in [6, 6.07) is 11.7. The quantitative estimate of drug-likeness (QED) is 0.158. The van der Waals surface area contributed by atoms with Crippen LogP contribution >= 0.6 is 34.0 Å². The summed E-state index contributed by atoms with van der Waals surface area (Å²) < 4.78 is 1.75. The average Bonchev–Trinajstić information content (AvgIpc) is 3.54. The van der Waals surface area contributed by atoms with Crippen molar-refractivity contribution in [2.45, 2.75) is 105 Å². The molecule has 3 aromatic heterocycles. The summed E-state index contributed by atoms with van der Waals surface area (Å²) in [7, 11) is -1.96. The fourth-order valence-corrected chi connectivity index (χ4v) is 17.5. The molecule has 1 aliphatic heterocycles. The van der Waals surface area contributed by atoms with E-state index in [4.69, 9.17) is 0 Å². The minimum atomic E-state index is -1.96. The standard InChI is InChI=1S/C29H42S3Si/c1-6-9-11-12-15-23(14-10-7-2)20-33(27-17-16-24(32-27)13-8-3)25-18-21(4)30-28(25)29-26(33)19-22(5)31-29/h16-19,23H,6-15,20H2,1-5H3. The molecule has 0 amide bonds. The lowest BCUT2D eigenvalue weighted by atomic mass is 9.97. The van der Waals surface area contributed by atoms with Crippen LogP contribution in [0.2, 0.25) is 6.04 Å². The van der Waals surface area contributed by atoms with E-state index in [9.17, 15) is 0 Å². The molecule has 0 spiro atoms. The molecule has 0 radical (unpaired) electrons. The second-order valence-electron chi connectivity index (χ2n) is 10.2. The largest absolute Gasteiger partial charge is 0.164 e. The summed E-state index contributed by atoms with van der Waals surface area (Å²) in [5, 5.41) is 3.54. The normalized spacial score (nSPS) is 15.1. The van der Waals surface area contributed by atoms with Crippen LogP contribution in [0.4, 0.5) is 0 Å². The summed E-state index contributed by atoms with van der Waals surface area (Å²) >= 11 is 6.30. The molecule has 0 saturated carbocycles. The van der Waals surface area contributed by atoms with Gasteiger partial charge in [-0.1, -0.05) is 84.6 Å². The summed E-state index contributed by atoms with van der Waals surface area (Å²) in [4.78, 5) is 7.89. The van der Waals surface area contributed by atoms with Crippen LogP contribution in [0.25, 0.3) is 9.75 Å². The van der Waals surface area contributed by atoms with Gasteiger partial charge in [-0.2, -0.15) is 0 Å². The lowest BCUT2D eigenvalue weighted by molar-refractivity contribution is 0.442. The minimum absolute atomic E-state index is 0.865. The van der Waals surface area contributed by atoms with Crippen LogP contribution in [0, 0.1) is 19.8 Å². The Bertz CT molecular complexity index is 991. The van der Waals surface area contributed by atoms with Gasteiger partial charge in [0.2, 0.25) is 0 Å². The highest BCUT2D eigenvalue weighted by molar-refractivity contribution is 7.38. The van der Waals surface area contributed by atoms with E-state index in [1.807, 2.05) is 0 Å². The monoisotopic (exact) mass is 514 g/mol. The van der Waals surface area contributed by atoms with Gasteiger partial charge in [0.25, 0.3) is 0 Å². The van der Waals surface area contributed by atoms with Crippen LogP contribution in [-0.4, -0.2) is 8.07 Å². The van der Waals surface area contributed by atoms with E-state index < -0.39 is 8.07 Å². The lowest BCUT2D eigenvalue weighted by Crippen LogP contribution is -2.64. The highest BCUT2D eigenvalue weighted by Crippen LogP contribution is 2.42. The van der Waals surface area contributed by atoms with Crippen molar-refractivity contribution in [2.24, 2.45) is 5.92 Å². The molecule has 3 aromatic rings. The van der Waals surface area contributed by atoms with Crippen molar-refractivity contribution < 1.29 is 0 Å². The van der Waals surface area contributed by atoms with Gasteiger partial charge in [-0.25, -0.2) is 0 Å². The van der Waals surface area contributed by atoms with Crippen LogP contribution < -0.4 is 14.9 Å². The minimum Gasteiger partial charge on any atom is -0.149 e. The molecule has 4 heteroatoms. The molecular weight excluding hydrogens is 473 g/mol. The van der Waals surface area contributed by atoms with E-state index in [1.54, 1.807) is 29.5 Å². The maximum Gasteiger partial charge on any atom is 0.164 e. The SMILES string of the molecule is CCCCCCC(CCCC)C[Si]1(c2ccc(CCC)s2)c2cc(C)sc2-c2sc(C)cc21. The Balaban J connectivity index is 1.79. The van der Waals surface area contributed by atoms with Gasteiger partial charge in [0.05, 0.1) is 0 Å². The van der Waals surface area contributed by atoms with Gasteiger partial charge in [-0.3, -0.25) is 0 Å². The first-order valence-electron chi connectivity index (χ1n) is 13.3. The number of thiophene rings is 3. The third-order valence-corrected chi connectivity index (χ3v) is 17.2. The number of hydrogen-bond donors (Lipinski definition) is 0. The molecule has 1 atom stereocenters. The molecule has 1 unspecified atom stereocenters. The molecule has 0 nitrogen and oxygen atoms in total. The highest BCUT2D eigenvalue weighted by Gasteiger charge is 2.51. The third-order valence-electron chi connectivity index (χ3n) is 7.44.